The second-order valence-electron chi connectivity index (χ2n) is 3.50. The van der Waals surface area contributed by atoms with E-state index >= 15 is 0 Å². The van der Waals surface area contributed by atoms with Crippen molar-refractivity contribution < 1.29 is 9.90 Å². The molecule has 2 N–H and O–H groups in total. The monoisotopic (exact) mass is 229 g/mol. The lowest BCUT2D eigenvalue weighted by Gasteiger charge is -2.07. The van der Waals surface area contributed by atoms with Gasteiger partial charge in [0, 0.05) is 18.0 Å². The summed E-state index contributed by atoms with van der Waals surface area (Å²) in [7, 11) is 0. The van der Waals surface area contributed by atoms with Gasteiger partial charge in [0.05, 0.1) is 17.1 Å². The van der Waals surface area contributed by atoms with E-state index in [1.165, 1.54) is 0 Å². The Morgan fingerprint density at radius 3 is 2.76 bits per heavy atom. The van der Waals surface area contributed by atoms with E-state index in [1.807, 2.05) is 12.1 Å². The van der Waals surface area contributed by atoms with Crippen molar-refractivity contribution in [2.45, 2.75) is 6.92 Å². The number of hydrogen-bond acceptors (Lipinski definition) is 3. The van der Waals surface area contributed by atoms with E-state index in [0.29, 0.717) is 11.4 Å². The smallest absolute Gasteiger partial charge is 0.409 e. The molecule has 0 saturated heterocycles. The molecule has 0 aliphatic heterocycles. The minimum atomic E-state index is -1.09. The molecule has 0 aliphatic rings. The van der Waals surface area contributed by atoms with Gasteiger partial charge in [0.2, 0.25) is 0 Å². The number of anilines is 1. The van der Waals surface area contributed by atoms with Crippen LogP contribution in [-0.4, -0.2) is 21.2 Å². The molecule has 0 unspecified atom stereocenters. The molecule has 86 valence electrons. The number of carboxylic acid groups (broad SMARTS) is 1. The summed E-state index contributed by atoms with van der Waals surface area (Å²) in [6.45, 7) is 1.76. The third kappa shape index (κ3) is 2.57. The minimum absolute atomic E-state index is 0.491. The zero-order valence-corrected chi connectivity index (χ0v) is 9.21. The molecule has 1 amide bonds. The summed E-state index contributed by atoms with van der Waals surface area (Å²) in [5, 5.41) is 10.9. The lowest BCUT2D eigenvalue weighted by Crippen LogP contribution is -2.09. The molecular weight excluding hydrogens is 218 g/mol. The highest BCUT2D eigenvalue weighted by atomic mass is 16.4. The standard InChI is InChI=1S/C12H11N3O2/c1-8-10(15-12(16)17)4-5-11(14-8)9-3-2-6-13-7-9/h2-7,15H,1H3,(H,16,17). The van der Waals surface area contributed by atoms with Crippen LogP contribution in [-0.2, 0) is 0 Å². The molecule has 2 rings (SSSR count). The molecule has 0 spiro atoms. The van der Waals surface area contributed by atoms with Gasteiger partial charge in [-0.3, -0.25) is 15.3 Å². The van der Waals surface area contributed by atoms with E-state index in [9.17, 15) is 4.79 Å². The lowest BCUT2D eigenvalue weighted by molar-refractivity contribution is 0.209. The van der Waals surface area contributed by atoms with Gasteiger partial charge >= 0.3 is 6.09 Å². The SMILES string of the molecule is Cc1nc(-c2cccnc2)ccc1NC(=O)O. The maximum Gasteiger partial charge on any atom is 0.409 e. The first-order valence-electron chi connectivity index (χ1n) is 5.05. The van der Waals surface area contributed by atoms with Crippen molar-refractivity contribution in [2.75, 3.05) is 5.32 Å². The Balaban J connectivity index is 2.34. The van der Waals surface area contributed by atoms with E-state index in [-0.39, 0.29) is 0 Å². The fourth-order valence-electron chi connectivity index (χ4n) is 1.48. The first kappa shape index (κ1) is 11.1. The predicted octanol–water partition coefficient (Wildman–Crippen LogP) is 2.54. The van der Waals surface area contributed by atoms with E-state index in [1.54, 1.807) is 31.5 Å². The quantitative estimate of drug-likeness (QED) is 0.829. The highest BCUT2D eigenvalue weighted by Gasteiger charge is 2.05. The fraction of sp³-hybridized carbons (Fsp3) is 0.0833. The van der Waals surface area contributed by atoms with E-state index in [4.69, 9.17) is 5.11 Å². The normalized spacial score (nSPS) is 9.94. The molecule has 0 fully saturated rings. The number of rotatable bonds is 2. The minimum Gasteiger partial charge on any atom is -0.465 e. The van der Waals surface area contributed by atoms with Gasteiger partial charge < -0.3 is 5.11 Å². The van der Waals surface area contributed by atoms with E-state index in [2.05, 4.69) is 15.3 Å². The number of nitrogens with one attached hydrogen (secondary N) is 1. The van der Waals surface area contributed by atoms with Crippen LogP contribution < -0.4 is 5.32 Å². The molecule has 5 heteroatoms. The molecule has 0 radical (unpaired) electrons. The highest BCUT2D eigenvalue weighted by Crippen LogP contribution is 2.20. The van der Waals surface area contributed by atoms with Crippen molar-refractivity contribution in [3.05, 3.63) is 42.4 Å². The summed E-state index contributed by atoms with van der Waals surface area (Å²) >= 11 is 0. The fourth-order valence-corrected chi connectivity index (χ4v) is 1.48. The van der Waals surface area contributed by atoms with Gasteiger partial charge in [-0.25, -0.2) is 4.79 Å². The number of pyridine rings is 2. The van der Waals surface area contributed by atoms with Crippen molar-refractivity contribution in [2.24, 2.45) is 0 Å². The van der Waals surface area contributed by atoms with Gasteiger partial charge in [0.15, 0.2) is 0 Å². The Bertz CT molecular complexity index is 541. The average molecular weight is 229 g/mol. The summed E-state index contributed by atoms with van der Waals surface area (Å²) in [5.41, 5.74) is 2.79. The molecular formula is C12H11N3O2. The molecule has 2 heterocycles. The van der Waals surface area contributed by atoms with Crippen LogP contribution >= 0.6 is 0 Å². The Morgan fingerprint density at radius 1 is 1.35 bits per heavy atom. The van der Waals surface area contributed by atoms with Crippen molar-refractivity contribution in [3.8, 4) is 11.3 Å². The van der Waals surface area contributed by atoms with Crippen LogP contribution in [0.15, 0.2) is 36.7 Å². The maximum atomic E-state index is 10.5. The second-order valence-corrected chi connectivity index (χ2v) is 3.50. The van der Waals surface area contributed by atoms with Crippen molar-refractivity contribution in [3.63, 3.8) is 0 Å². The Kier molecular flexibility index (Phi) is 3.00. The zero-order valence-electron chi connectivity index (χ0n) is 9.21. The van der Waals surface area contributed by atoms with Crippen molar-refractivity contribution >= 4 is 11.8 Å². The summed E-state index contributed by atoms with van der Waals surface area (Å²) < 4.78 is 0. The molecule has 0 aliphatic carbocycles. The first-order valence-corrected chi connectivity index (χ1v) is 5.05. The van der Waals surface area contributed by atoms with Crippen LogP contribution in [0.4, 0.5) is 10.5 Å². The molecule has 0 atom stereocenters. The number of nitrogens with zero attached hydrogens (tertiary/aromatic N) is 2. The van der Waals surface area contributed by atoms with Crippen LogP contribution in [0.5, 0.6) is 0 Å². The van der Waals surface area contributed by atoms with Gasteiger partial charge in [-0.1, -0.05) is 0 Å². The topological polar surface area (TPSA) is 75.1 Å². The number of carbonyl (C=O) groups is 1. The lowest BCUT2D eigenvalue weighted by atomic mass is 10.1. The van der Waals surface area contributed by atoms with Crippen molar-refractivity contribution in [1.82, 2.24) is 9.97 Å². The van der Waals surface area contributed by atoms with Crippen LogP contribution in [0.3, 0.4) is 0 Å². The molecule has 0 bridgehead atoms. The molecule has 2 aromatic rings. The maximum absolute atomic E-state index is 10.5. The van der Waals surface area contributed by atoms with E-state index < -0.39 is 6.09 Å². The third-order valence-corrected chi connectivity index (χ3v) is 2.28. The second kappa shape index (κ2) is 4.61. The van der Waals surface area contributed by atoms with Gasteiger partial charge in [-0.2, -0.15) is 0 Å². The molecule has 0 saturated carbocycles. The van der Waals surface area contributed by atoms with Gasteiger partial charge in [0.1, 0.15) is 0 Å². The predicted molar refractivity (Wildman–Crippen MR) is 63.9 cm³/mol. The van der Waals surface area contributed by atoms with E-state index in [0.717, 1.165) is 11.3 Å². The largest absolute Gasteiger partial charge is 0.465 e. The molecule has 0 aromatic carbocycles. The Morgan fingerprint density at radius 2 is 2.18 bits per heavy atom. The Labute approximate surface area is 98.2 Å². The van der Waals surface area contributed by atoms with Crippen LogP contribution in [0.1, 0.15) is 5.69 Å². The highest BCUT2D eigenvalue weighted by molar-refractivity contribution is 5.83. The number of hydrogen-bond donors (Lipinski definition) is 2. The summed E-state index contributed by atoms with van der Waals surface area (Å²) in [6, 6.07) is 7.18. The Hall–Kier alpha value is -2.43. The van der Waals surface area contributed by atoms with Crippen LogP contribution in [0, 0.1) is 6.92 Å². The summed E-state index contributed by atoms with van der Waals surface area (Å²) in [4.78, 5) is 18.9. The van der Waals surface area contributed by atoms with Crippen LogP contribution in [0.2, 0.25) is 0 Å². The molecule has 2 aromatic heterocycles. The number of aryl methyl sites for hydroxylation is 1. The first-order chi connectivity index (χ1) is 8.16. The molecule has 17 heavy (non-hydrogen) atoms. The third-order valence-electron chi connectivity index (χ3n) is 2.28. The van der Waals surface area contributed by atoms with Gasteiger partial charge in [-0.05, 0) is 31.2 Å². The number of amides is 1. The van der Waals surface area contributed by atoms with Gasteiger partial charge in [0.25, 0.3) is 0 Å². The summed E-state index contributed by atoms with van der Waals surface area (Å²) in [5.74, 6) is 0. The average Bonchev–Trinajstić information content (AvgIpc) is 2.32. The summed E-state index contributed by atoms with van der Waals surface area (Å²) in [6.07, 6.45) is 2.31. The van der Waals surface area contributed by atoms with Crippen molar-refractivity contribution in [1.29, 1.82) is 0 Å². The van der Waals surface area contributed by atoms with Gasteiger partial charge in [-0.15, -0.1) is 0 Å². The zero-order chi connectivity index (χ0) is 12.3. The number of aromatic nitrogens is 2. The van der Waals surface area contributed by atoms with Crippen LogP contribution in [0.25, 0.3) is 11.3 Å². The molecule has 5 nitrogen and oxygen atoms in total.